The number of carbonyl (C=O) groups excluding carboxylic acids is 1. The molecule has 112 valence electrons. The van der Waals surface area contributed by atoms with Crippen LogP contribution in [-0.2, 0) is 4.79 Å². The second-order valence-corrected chi connectivity index (χ2v) is 5.01. The summed E-state index contributed by atoms with van der Waals surface area (Å²) in [6.07, 6.45) is 3.20. The fourth-order valence-electron chi connectivity index (χ4n) is 2.29. The van der Waals surface area contributed by atoms with E-state index in [9.17, 15) is 14.7 Å². The molecule has 0 saturated heterocycles. The van der Waals surface area contributed by atoms with E-state index >= 15 is 0 Å². The maximum Gasteiger partial charge on any atom is 0.329 e. The number of amides is 2. The zero-order chi connectivity index (χ0) is 15.1. The average molecular weight is 272 g/mol. The Morgan fingerprint density at radius 2 is 1.26 bits per heavy atom. The number of carboxylic acid groups (broad SMARTS) is 1. The van der Waals surface area contributed by atoms with Crippen LogP contribution in [0.3, 0.4) is 0 Å². The van der Waals surface area contributed by atoms with E-state index in [1.54, 1.807) is 13.8 Å². The molecule has 5 heteroatoms. The van der Waals surface area contributed by atoms with Gasteiger partial charge in [0.1, 0.15) is 5.54 Å². The third-order valence-corrected chi connectivity index (χ3v) is 4.38. The van der Waals surface area contributed by atoms with Crippen molar-refractivity contribution in [1.29, 1.82) is 0 Å². The minimum atomic E-state index is -1.18. The van der Waals surface area contributed by atoms with Crippen molar-refractivity contribution in [3.63, 3.8) is 0 Å². The van der Waals surface area contributed by atoms with Crippen LogP contribution in [-0.4, -0.2) is 28.2 Å². The minimum Gasteiger partial charge on any atom is -0.480 e. The predicted molar refractivity (Wildman–Crippen MR) is 76.2 cm³/mol. The summed E-state index contributed by atoms with van der Waals surface area (Å²) in [6, 6.07) is -0.392. The molecule has 0 aromatic carbocycles. The Kier molecular flexibility index (Phi) is 6.87. The van der Waals surface area contributed by atoms with Crippen molar-refractivity contribution in [3.8, 4) is 0 Å². The van der Waals surface area contributed by atoms with Crippen molar-refractivity contribution in [1.82, 2.24) is 10.6 Å². The van der Waals surface area contributed by atoms with E-state index < -0.39 is 17.5 Å². The second kappa shape index (κ2) is 7.36. The first-order valence-corrected chi connectivity index (χ1v) is 7.19. The van der Waals surface area contributed by atoms with Crippen LogP contribution in [0.25, 0.3) is 0 Å². The van der Waals surface area contributed by atoms with Crippen LogP contribution in [0, 0.1) is 0 Å². The zero-order valence-corrected chi connectivity index (χ0v) is 12.8. The lowest BCUT2D eigenvalue weighted by Gasteiger charge is -2.35. The van der Waals surface area contributed by atoms with Gasteiger partial charge in [-0.25, -0.2) is 9.59 Å². The van der Waals surface area contributed by atoms with Crippen molar-refractivity contribution in [2.75, 3.05) is 0 Å². The summed E-state index contributed by atoms with van der Waals surface area (Å²) in [5.41, 5.74) is -1.43. The molecule has 0 aliphatic carbocycles. The lowest BCUT2D eigenvalue weighted by molar-refractivity contribution is -0.144. The molecule has 0 bridgehead atoms. The standard InChI is InChI=1S/C14H28N2O3/c1-6-13(7-2,8-3)15-12(19)16-14(9-4,10-5)11(17)18/h6-10H2,1-5H3,(H,17,18)(H2,15,16,19). The average Bonchev–Trinajstić information content (AvgIpc) is 2.42. The molecular formula is C14H28N2O3. The molecule has 0 rings (SSSR count). The molecule has 0 aromatic heterocycles. The Morgan fingerprint density at radius 3 is 1.53 bits per heavy atom. The second-order valence-electron chi connectivity index (χ2n) is 5.01. The van der Waals surface area contributed by atoms with Gasteiger partial charge >= 0.3 is 12.0 Å². The summed E-state index contributed by atoms with van der Waals surface area (Å²) in [7, 11) is 0. The van der Waals surface area contributed by atoms with E-state index in [1.165, 1.54) is 0 Å². The summed E-state index contributed by atoms with van der Waals surface area (Å²) in [6.45, 7) is 9.61. The molecule has 0 aromatic rings. The minimum absolute atomic E-state index is 0.254. The quantitative estimate of drug-likeness (QED) is 0.635. The molecular weight excluding hydrogens is 244 g/mol. The number of hydrogen-bond acceptors (Lipinski definition) is 2. The summed E-state index contributed by atoms with van der Waals surface area (Å²) in [5.74, 6) is -0.984. The first kappa shape index (κ1) is 17.7. The fraction of sp³-hybridized carbons (Fsp3) is 0.857. The maximum atomic E-state index is 12.1. The smallest absolute Gasteiger partial charge is 0.329 e. The maximum absolute atomic E-state index is 12.1. The lowest BCUT2D eigenvalue weighted by atomic mass is 9.89. The Labute approximate surface area is 116 Å². The molecule has 0 atom stereocenters. The van der Waals surface area contributed by atoms with Gasteiger partial charge < -0.3 is 15.7 Å². The third kappa shape index (κ3) is 4.11. The molecule has 0 heterocycles. The Morgan fingerprint density at radius 1 is 0.842 bits per heavy atom. The van der Waals surface area contributed by atoms with Gasteiger partial charge in [0, 0.05) is 5.54 Å². The van der Waals surface area contributed by atoms with Gasteiger partial charge in [-0.2, -0.15) is 0 Å². The number of aliphatic carboxylic acids is 1. The Hall–Kier alpha value is -1.26. The van der Waals surface area contributed by atoms with Gasteiger partial charge in [-0.3, -0.25) is 0 Å². The molecule has 0 fully saturated rings. The van der Waals surface area contributed by atoms with E-state index in [0.717, 1.165) is 19.3 Å². The number of nitrogens with one attached hydrogen (secondary N) is 2. The van der Waals surface area contributed by atoms with Gasteiger partial charge in [0.05, 0.1) is 0 Å². The monoisotopic (exact) mass is 272 g/mol. The number of rotatable bonds is 8. The van der Waals surface area contributed by atoms with Crippen LogP contribution in [0.5, 0.6) is 0 Å². The van der Waals surface area contributed by atoms with Gasteiger partial charge in [0.25, 0.3) is 0 Å². The van der Waals surface area contributed by atoms with E-state index in [1.807, 2.05) is 20.8 Å². The van der Waals surface area contributed by atoms with E-state index in [2.05, 4.69) is 10.6 Å². The van der Waals surface area contributed by atoms with Gasteiger partial charge in [0.2, 0.25) is 0 Å². The highest BCUT2D eigenvalue weighted by atomic mass is 16.4. The van der Waals surface area contributed by atoms with E-state index in [4.69, 9.17) is 0 Å². The highest BCUT2D eigenvalue weighted by molar-refractivity contribution is 5.86. The molecule has 3 N–H and O–H groups in total. The fourth-order valence-corrected chi connectivity index (χ4v) is 2.29. The van der Waals surface area contributed by atoms with Crippen molar-refractivity contribution in [3.05, 3.63) is 0 Å². The van der Waals surface area contributed by atoms with E-state index in [0.29, 0.717) is 12.8 Å². The van der Waals surface area contributed by atoms with Crippen LogP contribution < -0.4 is 10.6 Å². The summed E-state index contributed by atoms with van der Waals surface area (Å²) >= 11 is 0. The summed E-state index contributed by atoms with van der Waals surface area (Å²) in [5, 5.41) is 14.9. The van der Waals surface area contributed by atoms with Crippen LogP contribution in [0.15, 0.2) is 0 Å². The molecule has 0 unspecified atom stereocenters. The molecule has 0 spiro atoms. The molecule has 19 heavy (non-hydrogen) atoms. The number of hydrogen-bond donors (Lipinski definition) is 3. The van der Waals surface area contributed by atoms with Crippen molar-refractivity contribution in [2.24, 2.45) is 0 Å². The van der Waals surface area contributed by atoms with Crippen LogP contribution in [0.4, 0.5) is 4.79 Å². The highest BCUT2D eigenvalue weighted by Gasteiger charge is 2.37. The van der Waals surface area contributed by atoms with Crippen molar-refractivity contribution < 1.29 is 14.7 Å². The first-order chi connectivity index (χ1) is 8.85. The highest BCUT2D eigenvalue weighted by Crippen LogP contribution is 2.20. The molecule has 5 nitrogen and oxygen atoms in total. The van der Waals surface area contributed by atoms with Gasteiger partial charge in [-0.15, -0.1) is 0 Å². The lowest BCUT2D eigenvalue weighted by Crippen LogP contribution is -2.60. The molecule has 0 aliphatic heterocycles. The van der Waals surface area contributed by atoms with Gasteiger partial charge in [0.15, 0.2) is 0 Å². The Bertz CT molecular complexity index is 300. The molecule has 0 aliphatic rings. The number of urea groups is 1. The number of carbonyl (C=O) groups is 2. The predicted octanol–water partition coefficient (Wildman–Crippen LogP) is 2.90. The van der Waals surface area contributed by atoms with E-state index in [-0.39, 0.29) is 5.54 Å². The topological polar surface area (TPSA) is 78.4 Å². The van der Waals surface area contributed by atoms with Gasteiger partial charge in [-0.05, 0) is 32.1 Å². The summed E-state index contributed by atoms with van der Waals surface area (Å²) < 4.78 is 0. The molecule has 2 amide bonds. The van der Waals surface area contributed by atoms with Crippen LogP contribution >= 0.6 is 0 Å². The summed E-state index contributed by atoms with van der Waals surface area (Å²) in [4.78, 5) is 23.4. The van der Waals surface area contributed by atoms with Crippen molar-refractivity contribution in [2.45, 2.75) is 77.8 Å². The Balaban J connectivity index is 4.89. The third-order valence-electron chi connectivity index (χ3n) is 4.38. The molecule has 0 radical (unpaired) electrons. The zero-order valence-electron chi connectivity index (χ0n) is 12.8. The first-order valence-electron chi connectivity index (χ1n) is 7.19. The van der Waals surface area contributed by atoms with Gasteiger partial charge in [-0.1, -0.05) is 34.6 Å². The SMILES string of the molecule is CCC(CC)(CC)NC(=O)NC(CC)(CC)C(=O)O. The largest absolute Gasteiger partial charge is 0.480 e. The van der Waals surface area contributed by atoms with Crippen molar-refractivity contribution >= 4 is 12.0 Å². The van der Waals surface area contributed by atoms with Crippen LogP contribution in [0.1, 0.15) is 66.7 Å². The van der Waals surface area contributed by atoms with Crippen LogP contribution in [0.2, 0.25) is 0 Å². The normalized spacial score (nSPS) is 12.1. The number of carboxylic acids is 1. The molecule has 0 saturated carbocycles.